The van der Waals surface area contributed by atoms with Gasteiger partial charge in [-0.25, -0.2) is 19.9 Å². The van der Waals surface area contributed by atoms with E-state index in [1.54, 1.807) is 0 Å². The topological polar surface area (TPSA) is 70.0 Å². The van der Waals surface area contributed by atoms with E-state index in [4.69, 9.17) is 29.4 Å². The van der Waals surface area contributed by atoms with Crippen LogP contribution in [0.25, 0.3) is 123 Å². The first-order valence-electron chi connectivity index (χ1n) is 33.4. The van der Waals surface area contributed by atoms with Crippen molar-refractivity contribution in [3.8, 4) is 135 Å². The van der Waals surface area contributed by atoms with Gasteiger partial charge in [-0.3, -0.25) is 0 Å². The fourth-order valence-corrected chi connectivity index (χ4v) is 16.4. The molecule has 2 aliphatic carbocycles. The van der Waals surface area contributed by atoms with E-state index in [-0.39, 0.29) is 0 Å². The van der Waals surface area contributed by atoms with Gasteiger partial charge in [0, 0.05) is 55.6 Å². The van der Waals surface area contributed by atoms with Gasteiger partial charge in [-0.15, -0.1) is 0 Å². The second-order valence-electron chi connectivity index (χ2n) is 25.8. The van der Waals surface area contributed by atoms with Gasteiger partial charge < -0.3 is 9.47 Å². The van der Waals surface area contributed by atoms with Crippen molar-refractivity contribution in [3.05, 3.63) is 384 Å². The van der Waals surface area contributed by atoms with Gasteiger partial charge in [0.15, 0.2) is 11.6 Å². The Balaban J connectivity index is 0.694. The Hall–Kier alpha value is -12.9. The van der Waals surface area contributed by atoms with Crippen molar-refractivity contribution in [2.24, 2.45) is 0 Å². The molecule has 98 heavy (non-hydrogen) atoms. The zero-order chi connectivity index (χ0) is 64.5. The zero-order valence-electron chi connectivity index (χ0n) is 52.9. The number of fused-ring (bicyclic) bond motifs is 19. The number of aromatic nitrogens is 4. The molecule has 456 valence electrons. The quantitative estimate of drug-likeness (QED) is 0.151. The van der Waals surface area contributed by atoms with E-state index < -0.39 is 10.8 Å². The summed E-state index contributed by atoms with van der Waals surface area (Å²) in [6.45, 7) is 0. The van der Waals surface area contributed by atoms with Crippen LogP contribution in [0.3, 0.4) is 0 Å². The molecule has 4 aliphatic rings. The highest BCUT2D eigenvalue weighted by Crippen LogP contribution is 2.66. The summed E-state index contributed by atoms with van der Waals surface area (Å²) in [4.78, 5) is 21.4. The van der Waals surface area contributed by atoms with Gasteiger partial charge in [0.1, 0.15) is 23.0 Å². The van der Waals surface area contributed by atoms with Crippen molar-refractivity contribution in [2.45, 2.75) is 10.8 Å². The predicted octanol–water partition coefficient (Wildman–Crippen LogP) is 22.7. The summed E-state index contributed by atoms with van der Waals surface area (Å²) in [6, 6.07) is 121. The number of rotatable bonds is 8. The minimum absolute atomic E-state index is 0.612. The van der Waals surface area contributed by atoms with Gasteiger partial charge in [-0.2, -0.15) is 0 Å². The molecule has 6 heteroatoms. The minimum Gasteiger partial charge on any atom is -0.456 e. The molecule has 1 atom stereocenters. The first-order chi connectivity index (χ1) is 48.6. The molecule has 2 aromatic heterocycles. The summed E-state index contributed by atoms with van der Waals surface area (Å²) in [7, 11) is 0. The Morgan fingerprint density at radius 3 is 1.18 bits per heavy atom. The Labute approximate surface area is 567 Å². The summed E-state index contributed by atoms with van der Waals surface area (Å²) in [5.41, 5.74) is 26.1. The molecular formula is C92H56N4O2. The van der Waals surface area contributed by atoms with Crippen LogP contribution in [0, 0.1) is 0 Å². The molecule has 6 nitrogen and oxygen atoms in total. The lowest BCUT2D eigenvalue weighted by atomic mass is 9.65. The molecule has 1 unspecified atom stereocenters. The summed E-state index contributed by atoms with van der Waals surface area (Å²) in [5.74, 6) is 4.48. The van der Waals surface area contributed by atoms with Gasteiger partial charge in [-0.1, -0.05) is 291 Å². The molecule has 2 aliphatic heterocycles. The van der Waals surface area contributed by atoms with Crippen LogP contribution < -0.4 is 9.47 Å². The Kier molecular flexibility index (Phi) is 12.4. The van der Waals surface area contributed by atoms with Crippen molar-refractivity contribution >= 4 is 10.8 Å². The van der Waals surface area contributed by atoms with Crippen molar-refractivity contribution in [1.82, 2.24) is 19.9 Å². The third-order valence-corrected chi connectivity index (χ3v) is 20.7. The highest BCUT2D eigenvalue weighted by molar-refractivity contribution is 5.99. The van der Waals surface area contributed by atoms with E-state index in [0.29, 0.717) is 11.6 Å². The average Bonchev–Trinajstić information content (AvgIpc) is 1.50. The molecule has 4 heterocycles. The summed E-state index contributed by atoms with van der Waals surface area (Å²) in [5, 5.41) is 2.33. The van der Waals surface area contributed by atoms with Crippen molar-refractivity contribution in [1.29, 1.82) is 0 Å². The van der Waals surface area contributed by atoms with Gasteiger partial charge in [0.05, 0.1) is 33.6 Å². The van der Waals surface area contributed by atoms with Crippen LogP contribution in [0.2, 0.25) is 0 Å². The molecular weight excluding hydrogens is 1190 g/mol. The van der Waals surface area contributed by atoms with Gasteiger partial charge in [-0.05, 0) is 126 Å². The fraction of sp³-hybridized carbons (Fsp3) is 0.0217. The lowest BCUT2D eigenvalue weighted by Crippen LogP contribution is -2.32. The van der Waals surface area contributed by atoms with Crippen LogP contribution in [0.15, 0.2) is 340 Å². The number of para-hydroxylation sites is 4. The normalized spacial score (nSPS) is 14.4. The maximum absolute atomic E-state index is 7.29. The molecule has 0 N–H and O–H groups in total. The third-order valence-electron chi connectivity index (χ3n) is 20.7. The van der Waals surface area contributed by atoms with Crippen LogP contribution in [0.4, 0.5) is 0 Å². The van der Waals surface area contributed by atoms with Crippen molar-refractivity contribution in [2.75, 3.05) is 0 Å². The van der Waals surface area contributed by atoms with Gasteiger partial charge in [0.25, 0.3) is 0 Å². The van der Waals surface area contributed by atoms with Gasteiger partial charge in [0.2, 0.25) is 0 Å². The maximum Gasteiger partial charge on any atom is 0.160 e. The van der Waals surface area contributed by atoms with Crippen molar-refractivity contribution < 1.29 is 9.47 Å². The summed E-state index contributed by atoms with van der Waals surface area (Å²) < 4.78 is 14.5. The van der Waals surface area contributed by atoms with E-state index in [9.17, 15) is 0 Å². The molecule has 0 saturated carbocycles. The molecule has 0 fully saturated rings. The Bertz CT molecular complexity index is 5920. The summed E-state index contributed by atoms with van der Waals surface area (Å²) in [6.07, 6.45) is 0. The smallest absolute Gasteiger partial charge is 0.160 e. The first-order valence-corrected chi connectivity index (χ1v) is 33.4. The van der Waals surface area contributed by atoms with E-state index in [1.807, 2.05) is 36.4 Å². The average molecular weight is 1250 g/mol. The molecule has 14 aromatic carbocycles. The SMILES string of the molecule is c1ccc(-c2nc(-c3ccc(-c4cccc(-c5cccc6c5-c5ccccc5C65c6ccccc6Oc6c(-c7cc(-c8ccc9ccccc9c8)nc(-c8ccccc8)n7)cccc65)c4)cc3)cc(-c3cccc4c3Oc3ccccc3C43c4ccccc4-c4ccccc43)n2)cc1. The Morgan fingerprint density at radius 2 is 0.592 bits per heavy atom. The monoisotopic (exact) mass is 1250 g/mol. The number of nitrogens with zero attached hydrogens (tertiary/aromatic N) is 4. The highest BCUT2D eigenvalue weighted by Gasteiger charge is 2.53. The fourth-order valence-electron chi connectivity index (χ4n) is 16.4. The van der Waals surface area contributed by atoms with Crippen LogP contribution in [-0.4, -0.2) is 19.9 Å². The van der Waals surface area contributed by atoms with E-state index in [1.165, 1.54) is 49.9 Å². The van der Waals surface area contributed by atoms with Crippen molar-refractivity contribution in [3.63, 3.8) is 0 Å². The number of ether oxygens (including phenoxy) is 2. The maximum atomic E-state index is 7.29. The standard InChI is InChI=1S/C92H56N4O2/c1-3-24-60(25-4-1)89-93-80(55-82(95-89)70-35-21-43-78-87(70)97-84-45-17-15-40-75(84)91(78)72-37-12-9-31-67(72)68-32-10-13-38-73(68)91)59-50-47-58(48-51-59)63-29-19-30-64(53-63)66-34-20-42-77-86(66)69-33-11-14-39-74(69)92(77)76-41-16-18-46-85(76)98-88-71(36-22-44-79(88)92)83-56-81(94-90(96-83)61-26-5-2-6-27-61)65-52-49-57-23-7-8-28-62(57)54-65/h1-56H. The highest BCUT2D eigenvalue weighted by atomic mass is 16.5. The largest absolute Gasteiger partial charge is 0.456 e. The predicted molar refractivity (Wildman–Crippen MR) is 393 cm³/mol. The Morgan fingerprint density at radius 1 is 0.204 bits per heavy atom. The number of hydrogen-bond acceptors (Lipinski definition) is 6. The number of benzene rings is 14. The van der Waals surface area contributed by atoms with Gasteiger partial charge >= 0.3 is 0 Å². The third kappa shape index (κ3) is 8.28. The van der Waals surface area contributed by atoms with E-state index in [2.05, 4.69) is 303 Å². The lowest BCUT2D eigenvalue weighted by molar-refractivity contribution is 0.437. The van der Waals surface area contributed by atoms with Crippen LogP contribution in [0.5, 0.6) is 23.0 Å². The molecule has 0 amide bonds. The second-order valence-corrected chi connectivity index (χ2v) is 25.8. The first kappa shape index (κ1) is 55.5. The minimum atomic E-state index is -0.748. The molecule has 0 bridgehead atoms. The van der Waals surface area contributed by atoms with E-state index >= 15 is 0 Å². The van der Waals surface area contributed by atoms with E-state index in [0.717, 1.165) is 129 Å². The molecule has 16 aromatic rings. The number of hydrogen-bond donors (Lipinski definition) is 0. The van der Waals surface area contributed by atoms with Crippen LogP contribution in [-0.2, 0) is 10.8 Å². The molecule has 0 saturated heterocycles. The molecule has 2 spiro atoms. The summed E-state index contributed by atoms with van der Waals surface area (Å²) >= 11 is 0. The molecule has 0 radical (unpaired) electrons. The van der Waals surface area contributed by atoms with Crippen LogP contribution in [0.1, 0.15) is 44.5 Å². The van der Waals surface area contributed by atoms with Crippen LogP contribution >= 0.6 is 0 Å². The second kappa shape index (κ2) is 21.8. The zero-order valence-corrected chi connectivity index (χ0v) is 52.9. The molecule has 20 rings (SSSR count). The lowest BCUT2D eigenvalue weighted by Gasteiger charge is -2.40.